The molecule has 1 aliphatic rings. The van der Waals surface area contributed by atoms with Gasteiger partial charge in [-0.05, 0) is 43.7 Å². The van der Waals surface area contributed by atoms with Crippen LogP contribution >= 0.6 is 11.3 Å². The molecule has 1 saturated heterocycles. The first-order valence-corrected chi connectivity index (χ1v) is 7.68. The second kappa shape index (κ2) is 5.91. The lowest BCUT2D eigenvalue weighted by molar-refractivity contribution is -0.142. The zero-order valence-electron chi connectivity index (χ0n) is 11.3. The standard InChI is InChI=1S/C15H15FN2O2S/c16-11-5-3-10(4-6-11)14-17-12(9-21-14)8-18-7-1-2-13(18)15(19)20/h3-6,9,13H,1-2,7-8H2,(H,19,20)/t13-/m0/s1. The molecule has 1 fully saturated rings. The van der Waals surface area contributed by atoms with Gasteiger partial charge in [-0.3, -0.25) is 9.69 Å². The van der Waals surface area contributed by atoms with Crippen LogP contribution in [0.2, 0.25) is 0 Å². The second-order valence-corrected chi connectivity index (χ2v) is 5.98. The number of carboxylic acid groups (broad SMARTS) is 1. The van der Waals surface area contributed by atoms with E-state index in [-0.39, 0.29) is 5.82 Å². The minimum atomic E-state index is -0.763. The summed E-state index contributed by atoms with van der Waals surface area (Å²) in [5.41, 5.74) is 1.75. The first-order chi connectivity index (χ1) is 10.1. The van der Waals surface area contributed by atoms with Crippen LogP contribution in [0.3, 0.4) is 0 Å². The van der Waals surface area contributed by atoms with Crippen molar-refractivity contribution in [1.82, 2.24) is 9.88 Å². The lowest BCUT2D eigenvalue weighted by Gasteiger charge is -2.19. The number of carboxylic acids is 1. The number of carbonyl (C=O) groups is 1. The maximum absolute atomic E-state index is 12.9. The number of likely N-dealkylation sites (tertiary alicyclic amines) is 1. The number of benzene rings is 1. The third kappa shape index (κ3) is 3.11. The molecule has 4 nitrogen and oxygen atoms in total. The van der Waals surface area contributed by atoms with Crippen LogP contribution in [0.1, 0.15) is 18.5 Å². The SMILES string of the molecule is O=C(O)[C@@H]1CCCN1Cc1csc(-c2ccc(F)cc2)n1. The van der Waals surface area contributed by atoms with Crippen LogP contribution in [-0.4, -0.2) is 33.5 Å². The Kier molecular flexibility index (Phi) is 3.98. The lowest BCUT2D eigenvalue weighted by Crippen LogP contribution is -2.35. The van der Waals surface area contributed by atoms with E-state index in [0.717, 1.165) is 29.2 Å². The Bertz CT molecular complexity index is 641. The quantitative estimate of drug-likeness (QED) is 0.943. The predicted molar refractivity (Wildman–Crippen MR) is 78.6 cm³/mol. The predicted octanol–water partition coefficient (Wildman–Crippen LogP) is 3.00. The molecular formula is C15H15FN2O2S. The molecule has 1 aromatic heterocycles. The number of aliphatic carboxylic acids is 1. The third-order valence-electron chi connectivity index (χ3n) is 3.66. The Morgan fingerprint density at radius 3 is 2.90 bits per heavy atom. The van der Waals surface area contributed by atoms with E-state index in [4.69, 9.17) is 0 Å². The summed E-state index contributed by atoms with van der Waals surface area (Å²) in [4.78, 5) is 17.6. The van der Waals surface area contributed by atoms with Gasteiger partial charge in [0.25, 0.3) is 0 Å². The van der Waals surface area contributed by atoms with Crippen molar-refractivity contribution in [3.8, 4) is 10.6 Å². The van der Waals surface area contributed by atoms with Gasteiger partial charge < -0.3 is 5.11 Å². The molecule has 1 N–H and O–H groups in total. The minimum absolute atomic E-state index is 0.267. The van der Waals surface area contributed by atoms with E-state index in [1.165, 1.54) is 23.5 Å². The van der Waals surface area contributed by atoms with Gasteiger partial charge in [-0.25, -0.2) is 9.37 Å². The second-order valence-electron chi connectivity index (χ2n) is 5.12. The average molecular weight is 306 g/mol. The fraction of sp³-hybridized carbons (Fsp3) is 0.333. The van der Waals surface area contributed by atoms with E-state index < -0.39 is 12.0 Å². The van der Waals surface area contributed by atoms with Gasteiger partial charge >= 0.3 is 5.97 Å². The van der Waals surface area contributed by atoms with Gasteiger partial charge in [-0.15, -0.1) is 11.3 Å². The Hall–Kier alpha value is -1.79. The molecule has 1 aromatic carbocycles. The molecule has 1 aliphatic heterocycles. The van der Waals surface area contributed by atoms with Crippen molar-refractivity contribution in [1.29, 1.82) is 0 Å². The Labute approximate surface area is 125 Å². The summed E-state index contributed by atoms with van der Waals surface area (Å²) >= 11 is 1.49. The van der Waals surface area contributed by atoms with Gasteiger partial charge in [0.05, 0.1) is 5.69 Å². The molecule has 0 bridgehead atoms. The number of hydrogen-bond acceptors (Lipinski definition) is 4. The molecule has 21 heavy (non-hydrogen) atoms. The highest BCUT2D eigenvalue weighted by atomic mass is 32.1. The highest BCUT2D eigenvalue weighted by Gasteiger charge is 2.30. The van der Waals surface area contributed by atoms with Gasteiger partial charge in [-0.2, -0.15) is 0 Å². The summed E-state index contributed by atoms with van der Waals surface area (Å²) in [5, 5.41) is 11.9. The number of rotatable bonds is 4. The maximum atomic E-state index is 12.9. The summed E-state index contributed by atoms with van der Waals surface area (Å²) in [6.07, 6.45) is 1.61. The van der Waals surface area contributed by atoms with Crippen molar-refractivity contribution >= 4 is 17.3 Å². The monoisotopic (exact) mass is 306 g/mol. The molecular weight excluding hydrogens is 291 g/mol. The third-order valence-corrected chi connectivity index (χ3v) is 4.60. The van der Waals surface area contributed by atoms with Crippen molar-refractivity contribution in [2.75, 3.05) is 6.54 Å². The molecule has 0 spiro atoms. The first kappa shape index (κ1) is 14.2. The molecule has 1 atom stereocenters. The van der Waals surface area contributed by atoms with Crippen LogP contribution < -0.4 is 0 Å². The molecule has 0 amide bonds. The largest absolute Gasteiger partial charge is 0.480 e. The van der Waals surface area contributed by atoms with E-state index in [1.54, 1.807) is 12.1 Å². The van der Waals surface area contributed by atoms with Crippen molar-refractivity contribution < 1.29 is 14.3 Å². The number of aromatic nitrogens is 1. The van der Waals surface area contributed by atoms with Crippen molar-refractivity contribution in [2.45, 2.75) is 25.4 Å². The number of hydrogen-bond donors (Lipinski definition) is 1. The van der Waals surface area contributed by atoms with Crippen LogP contribution in [0.4, 0.5) is 4.39 Å². The number of thiazole rings is 1. The molecule has 110 valence electrons. The van der Waals surface area contributed by atoms with Crippen LogP contribution in [0, 0.1) is 5.82 Å². The Balaban J connectivity index is 1.73. The number of nitrogens with zero attached hydrogens (tertiary/aromatic N) is 2. The fourth-order valence-corrected chi connectivity index (χ4v) is 3.42. The first-order valence-electron chi connectivity index (χ1n) is 6.80. The minimum Gasteiger partial charge on any atom is -0.480 e. The molecule has 0 saturated carbocycles. The lowest BCUT2D eigenvalue weighted by atomic mass is 10.2. The van der Waals surface area contributed by atoms with E-state index in [2.05, 4.69) is 4.98 Å². The van der Waals surface area contributed by atoms with Crippen LogP contribution in [0.25, 0.3) is 10.6 Å². The van der Waals surface area contributed by atoms with Gasteiger partial charge in [0.1, 0.15) is 16.9 Å². The molecule has 2 heterocycles. The van der Waals surface area contributed by atoms with E-state index >= 15 is 0 Å². The van der Waals surface area contributed by atoms with Gasteiger partial charge in [0, 0.05) is 17.5 Å². The Morgan fingerprint density at radius 2 is 2.19 bits per heavy atom. The van der Waals surface area contributed by atoms with E-state index in [0.29, 0.717) is 13.0 Å². The number of halogens is 1. The smallest absolute Gasteiger partial charge is 0.320 e. The molecule has 0 aliphatic carbocycles. The molecule has 6 heteroatoms. The fourth-order valence-electron chi connectivity index (χ4n) is 2.61. The molecule has 2 aromatic rings. The maximum Gasteiger partial charge on any atom is 0.320 e. The Morgan fingerprint density at radius 1 is 1.43 bits per heavy atom. The van der Waals surface area contributed by atoms with Crippen molar-refractivity contribution in [2.24, 2.45) is 0 Å². The van der Waals surface area contributed by atoms with E-state index in [9.17, 15) is 14.3 Å². The zero-order chi connectivity index (χ0) is 14.8. The van der Waals surface area contributed by atoms with E-state index in [1.807, 2.05) is 10.3 Å². The summed E-state index contributed by atoms with van der Waals surface area (Å²) in [7, 11) is 0. The zero-order valence-corrected chi connectivity index (χ0v) is 12.1. The molecule has 0 unspecified atom stereocenters. The molecule has 0 radical (unpaired) electrons. The van der Waals surface area contributed by atoms with Crippen molar-refractivity contribution in [3.63, 3.8) is 0 Å². The average Bonchev–Trinajstić information content (AvgIpc) is 3.09. The summed E-state index contributed by atoms with van der Waals surface area (Å²) in [6, 6.07) is 5.83. The highest BCUT2D eigenvalue weighted by Crippen LogP contribution is 2.26. The summed E-state index contributed by atoms with van der Waals surface area (Å²) < 4.78 is 12.9. The van der Waals surface area contributed by atoms with Gasteiger partial charge in [0.2, 0.25) is 0 Å². The van der Waals surface area contributed by atoms with Gasteiger partial charge in [-0.1, -0.05) is 0 Å². The topological polar surface area (TPSA) is 53.4 Å². The van der Waals surface area contributed by atoms with Crippen LogP contribution in [-0.2, 0) is 11.3 Å². The van der Waals surface area contributed by atoms with Crippen molar-refractivity contribution in [3.05, 3.63) is 41.2 Å². The normalized spacial score (nSPS) is 19.0. The summed E-state index contributed by atoms with van der Waals surface area (Å²) in [6.45, 7) is 1.34. The highest BCUT2D eigenvalue weighted by molar-refractivity contribution is 7.13. The van der Waals surface area contributed by atoms with Crippen LogP contribution in [0.15, 0.2) is 29.6 Å². The molecule has 3 rings (SSSR count). The van der Waals surface area contributed by atoms with Crippen LogP contribution in [0.5, 0.6) is 0 Å². The van der Waals surface area contributed by atoms with Gasteiger partial charge in [0.15, 0.2) is 0 Å². The summed E-state index contributed by atoms with van der Waals surface area (Å²) in [5.74, 6) is -1.03.